The van der Waals surface area contributed by atoms with Gasteiger partial charge in [-0.05, 0) is 54.9 Å². The predicted molar refractivity (Wildman–Crippen MR) is 86.7 cm³/mol. The van der Waals surface area contributed by atoms with Crippen LogP contribution in [-0.2, 0) is 12.8 Å². The minimum atomic E-state index is 0.0200. The van der Waals surface area contributed by atoms with Gasteiger partial charge in [-0.1, -0.05) is 36.4 Å². The van der Waals surface area contributed by atoms with Crippen molar-refractivity contribution >= 4 is 0 Å². The van der Waals surface area contributed by atoms with Crippen LogP contribution in [0.25, 0.3) is 0 Å². The Balaban J connectivity index is 1.91. The maximum Gasteiger partial charge on any atom is 0.126 e. The van der Waals surface area contributed by atoms with Gasteiger partial charge < -0.3 is 10.5 Å². The Labute approximate surface area is 126 Å². The number of aryl methyl sites for hydroxylation is 1. The van der Waals surface area contributed by atoms with Crippen LogP contribution in [0.1, 0.15) is 33.9 Å². The van der Waals surface area contributed by atoms with Crippen molar-refractivity contribution in [2.24, 2.45) is 11.7 Å². The van der Waals surface area contributed by atoms with Gasteiger partial charge in [0.1, 0.15) is 5.75 Å². The maximum absolute atomic E-state index is 6.60. The van der Waals surface area contributed by atoms with Crippen molar-refractivity contribution in [3.8, 4) is 5.75 Å². The van der Waals surface area contributed by atoms with Crippen LogP contribution in [-0.4, -0.2) is 7.11 Å². The summed E-state index contributed by atoms with van der Waals surface area (Å²) < 4.78 is 5.63. The minimum absolute atomic E-state index is 0.0200. The lowest BCUT2D eigenvalue weighted by Crippen LogP contribution is -2.23. The molecule has 0 aliphatic heterocycles. The number of rotatable bonds is 3. The topological polar surface area (TPSA) is 35.2 Å². The van der Waals surface area contributed by atoms with Crippen LogP contribution in [0.3, 0.4) is 0 Å². The number of methoxy groups -OCH3 is 1. The van der Waals surface area contributed by atoms with Crippen LogP contribution in [0.2, 0.25) is 0 Å². The van der Waals surface area contributed by atoms with Crippen LogP contribution in [0.15, 0.2) is 36.4 Å². The molecular weight excluding hydrogens is 258 g/mol. The van der Waals surface area contributed by atoms with E-state index < -0.39 is 0 Å². The highest BCUT2D eigenvalue weighted by Gasteiger charge is 2.29. The highest BCUT2D eigenvalue weighted by Crippen LogP contribution is 2.38. The fourth-order valence-electron chi connectivity index (χ4n) is 3.45. The molecule has 0 heterocycles. The lowest BCUT2D eigenvalue weighted by Gasteiger charge is -2.23. The van der Waals surface area contributed by atoms with Gasteiger partial charge in [-0.3, -0.25) is 0 Å². The molecule has 2 N–H and O–H groups in total. The molecule has 0 aromatic heterocycles. The van der Waals surface area contributed by atoms with Gasteiger partial charge in [0.25, 0.3) is 0 Å². The van der Waals surface area contributed by atoms with E-state index in [0.717, 1.165) is 24.2 Å². The van der Waals surface area contributed by atoms with Crippen molar-refractivity contribution in [1.29, 1.82) is 0 Å². The quantitative estimate of drug-likeness (QED) is 0.930. The van der Waals surface area contributed by atoms with Gasteiger partial charge in [-0.25, -0.2) is 0 Å². The highest BCUT2D eigenvalue weighted by atomic mass is 16.5. The summed E-state index contributed by atoms with van der Waals surface area (Å²) >= 11 is 0. The Kier molecular flexibility index (Phi) is 3.73. The fraction of sp³-hybridized carbons (Fsp3) is 0.368. The second kappa shape index (κ2) is 5.53. The van der Waals surface area contributed by atoms with Crippen molar-refractivity contribution < 1.29 is 4.74 Å². The number of benzene rings is 2. The smallest absolute Gasteiger partial charge is 0.126 e. The number of fused-ring (bicyclic) bond motifs is 1. The SMILES string of the molecule is COc1c(C(N)C2Cc3ccccc3C2)ccc(C)c1C. The monoisotopic (exact) mass is 281 g/mol. The van der Waals surface area contributed by atoms with Gasteiger partial charge >= 0.3 is 0 Å². The Morgan fingerprint density at radius 1 is 1.05 bits per heavy atom. The van der Waals surface area contributed by atoms with Crippen molar-refractivity contribution in [2.45, 2.75) is 32.7 Å². The lowest BCUT2D eigenvalue weighted by atomic mass is 9.89. The van der Waals surface area contributed by atoms with Gasteiger partial charge in [0.15, 0.2) is 0 Å². The van der Waals surface area contributed by atoms with E-state index in [1.54, 1.807) is 7.11 Å². The molecule has 0 fully saturated rings. The molecule has 0 spiro atoms. The number of ether oxygens (including phenoxy) is 1. The summed E-state index contributed by atoms with van der Waals surface area (Å²) in [6.45, 7) is 4.21. The molecule has 0 amide bonds. The van der Waals surface area contributed by atoms with Gasteiger partial charge in [0, 0.05) is 11.6 Å². The Hall–Kier alpha value is -1.80. The first kappa shape index (κ1) is 14.2. The van der Waals surface area contributed by atoms with Crippen LogP contribution in [0.4, 0.5) is 0 Å². The molecular formula is C19H23NO. The first-order valence-electron chi connectivity index (χ1n) is 7.58. The molecule has 1 aliphatic carbocycles. The molecule has 2 aromatic carbocycles. The second-order valence-corrected chi connectivity index (χ2v) is 6.09. The molecule has 0 radical (unpaired) electrons. The Morgan fingerprint density at radius 3 is 2.24 bits per heavy atom. The van der Waals surface area contributed by atoms with Gasteiger partial charge in [0.2, 0.25) is 0 Å². The predicted octanol–water partition coefficient (Wildman–Crippen LogP) is 3.73. The van der Waals surface area contributed by atoms with E-state index in [4.69, 9.17) is 10.5 Å². The zero-order valence-electron chi connectivity index (χ0n) is 13.0. The standard InChI is InChI=1S/C19H23NO/c1-12-8-9-17(19(21-3)13(12)2)18(20)16-10-14-6-4-5-7-15(14)11-16/h4-9,16,18H,10-11,20H2,1-3H3. The molecule has 21 heavy (non-hydrogen) atoms. The molecule has 3 rings (SSSR count). The van der Waals surface area contributed by atoms with Crippen molar-refractivity contribution in [3.63, 3.8) is 0 Å². The summed E-state index contributed by atoms with van der Waals surface area (Å²) in [5.41, 5.74) is 13.1. The number of hydrogen-bond acceptors (Lipinski definition) is 2. The van der Waals surface area contributed by atoms with Crippen molar-refractivity contribution in [3.05, 3.63) is 64.2 Å². The van der Waals surface area contributed by atoms with E-state index in [-0.39, 0.29) is 6.04 Å². The highest BCUT2D eigenvalue weighted by molar-refractivity contribution is 5.47. The van der Waals surface area contributed by atoms with Crippen LogP contribution < -0.4 is 10.5 Å². The van der Waals surface area contributed by atoms with Crippen LogP contribution in [0.5, 0.6) is 5.75 Å². The van der Waals surface area contributed by atoms with Crippen LogP contribution in [0, 0.1) is 19.8 Å². The third-order valence-corrected chi connectivity index (χ3v) is 4.86. The van der Waals surface area contributed by atoms with E-state index in [9.17, 15) is 0 Å². The van der Waals surface area contributed by atoms with E-state index in [1.807, 2.05) is 0 Å². The lowest BCUT2D eigenvalue weighted by molar-refractivity contribution is 0.384. The average molecular weight is 281 g/mol. The Morgan fingerprint density at radius 2 is 1.67 bits per heavy atom. The molecule has 1 atom stereocenters. The second-order valence-electron chi connectivity index (χ2n) is 6.09. The van der Waals surface area contributed by atoms with Crippen molar-refractivity contribution in [1.82, 2.24) is 0 Å². The summed E-state index contributed by atoms with van der Waals surface area (Å²) in [6, 6.07) is 13.0. The van der Waals surface area contributed by atoms with E-state index >= 15 is 0 Å². The minimum Gasteiger partial charge on any atom is -0.496 e. The molecule has 2 aromatic rings. The van der Waals surface area contributed by atoms with E-state index in [1.165, 1.54) is 22.3 Å². The normalized spacial score (nSPS) is 15.8. The van der Waals surface area contributed by atoms with E-state index in [2.05, 4.69) is 50.2 Å². The largest absolute Gasteiger partial charge is 0.496 e. The fourth-order valence-corrected chi connectivity index (χ4v) is 3.45. The molecule has 1 unspecified atom stereocenters. The molecule has 0 bridgehead atoms. The summed E-state index contributed by atoms with van der Waals surface area (Å²) in [4.78, 5) is 0. The van der Waals surface area contributed by atoms with Gasteiger partial charge in [0.05, 0.1) is 7.11 Å². The maximum atomic E-state index is 6.60. The van der Waals surface area contributed by atoms with Crippen LogP contribution >= 0.6 is 0 Å². The zero-order valence-corrected chi connectivity index (χ0v) is 13.0. The molecule has 1 aliphatic rings. The molecule has 2 heteroatoms. The molecule has 2 nitrogen and oxygen atoms in total. The summed E-state index contributed by atoms with van der Waals surface area (Å²) in [5, 5.41) is 0. The Bertz CT molecular complexity index is 638. The number of nitrogens with two attached hydrogens (primary N) is 1. The zero-order chi connectivity index (χ0) is 15.0. The first-order chi connectivity index (χ1) is 10.1. The average Bonchev–Trinajstić information content (AvgIpc) is 2.93. The number of hydrogen-bond donors (Lipinski definition) is 1. The molecule has 0 saturated carbocycles. The summed E-state index contributed by atoms with van der Waals surface area (Å²) in [6.07, 6.45) is 2.13. The third kappa shape index (κ3) is 2.44. The van der Waals surface area contributed by atoms with Gasteiger partial charge in [-0.2, -0.15) is 0 Å². The third-order valence-electron chi connectivity index (χ3n) is 4.86. The first-order valence-corrected chi connectivity index (χ1v) is 7.58. The molecule has 110 valence electrons. The van der Waals surface area contributed by atoms with Gasteiger partial charge in [-0.15, -0.1) is 0 Å². The summed E-state index contributed by atoms with van der Waals surface area (Å²) in [7, 11) is 1.74. The van der Waals surface area contributed by atoms with E-state index in [0.29, 0.717) is 5.92 Å². The molecule has 0 saturated heterocycles. The van der Waals surface area contributed by atoms with Crippen molar-refractivity contribution in [2.75, 3.05) is 7.11 Å². The summed E-state index contributed by atoms with van der Waals surface area (Å²) in [5.74, 6) is 1.41.